The van der Waals surface area contributed by atoms with Gasteiger partial charge < -0.3 is 14.6 Å². The summed E-state index contributed by atoms with van der Waals surface area (Å²) in [6.07, 6.45) is 7.15. The fraction of sp³-hybridized carbons (Fsp3) is 0.867. The molecule has 114 valence electrons. The van der Waals surface area contributed by atoms with Crippen molar-refractivity contribution in [1.29, 1.82) is 0 Å². The summed E-state index contributed by atoms with van der Waals surface area (Å²) < 4.78 is 11.3. The molecule has 20 heavy (non-hydrogen) atoms. The van der Waals surface area contributed by atoms with Crippen LogP contribution in [-0.4, -0.2) is 29.8 Å². The molecule has 1 heterocycles. The third-order valence-electron chi connectivity index (χ3n) is 3.93. The number of aromatic nitrogens is 2. The first-order valence-electron chi connectivity index (χ1n) is 8.00. The van der Waals surface area contributed by atoms with Gasteiger partial charge in [0.15, 0.2) is 0 Å². The summed E-state index contributed by atoms with van der Waals surface area (Å²) in [5.41, 5.74) is 0. The number of likely N-dealkylation sites (N-methyl/N-ethyl adjacent to an activating group) is 1. The smallest absolute Gasteiger partial charge is 0.228 e. The van der Waals surface area contributed by atoms with E-state index in [4.69, 9.17) is 9.26 Å². The second kappa shape index (κ2) is 8.37. The summed E-state index contributed by atoms with van der Waals surface area (Å²) in [5.74, 6) is 2.00. The maximum atomic E-state index is 5.91. The van der Waals surface area contributed by atoms with Crippen LogP contribution >= 0.6 is 0 Å². The summed E-state index contributed by atoms with van der Waals surface area (Å²) in [4.78, 5) is 4.53. The Balaban J connectivity index is 1.97. The largest absolute Gasteiger partial charge is 0.370 e. The maximum absolute atomic E-state index is 5.91. The van der Waals surface area contributed by atoms with E-state index < -0.39 is 0 Å². The van der Waals surface area contributed by atoms with Gasteiger partial charge in [-0.2, -0.15) is 4.98 Å². The lowest BCUT2D eigenvalue weighted by atomic mass is 9.85. The molecule has 1 aliphatic carbocycles. The van der Waals surface area contributed by atoms with Gasteiger partial charge in [0.1, 0.15) is 6.10 Å². The zero-order chi connectivity index (χ0) is 14.2. The lowest BCUT2D eigenvalue weighted by molar-refractivity contribution is -0.00145. The summed E-state index contributed by atoms with van der Waals surface area (Å²) in [6, 6.07) is 0. The van der Waals surface area contributed by atoms with Crippen molar-refractivity contribution < 1.29 is 9.26 Å². The first-order chi connectivity index (χ1) is 9.85. The van der Waals surface area contributed by atoms with Crippen LogP contribution in [-0.2, 0) is 11.2 Å². The Morgan fingerprint density at radius 3 is 2.80 bits per heavy atom. The van der Waals surface area contributed by atoms with E-state index in [1.807, 2.05) is 6.92 Å². The minimum Gasteiger partial charge on any atom is -0.370 e. The molecule has 1 atom stereocenters. The van der Waals surface area contributed by atoms with Crippen LogP contribution < -0.4 is 5.32 Å². The van der Waals surface area contributed by atoms with Crippen molar-refractivity contribution in [3.05, 3.63) is 11.7 Å². The van der Waals surface area contributed by atoms with Gasteiger partial charge in [0.25, 0.3) is 0 Å². The van der Waals surface area contributed by atoms with E-state index in [1.54, 1.807) is 0 Å². The molecule has 1 aromatic rings. The molecule has 1 fully saturated rings. The minimum atomic E-state index is 0.0111. The fourth-order valence-electron chi connectivity index (χ4n) is 2.90. The van der Waals surface area contributed by atoms with E-state index in [1.165, 1.54) is 32.1 Å². The quantitative estimate of drug-likeness (QED) is 0.742. The predicted molar refractivity (Wildman–Crippen MR) is 77.5 cm³/mol. The molecule has 2 rings (SSSR count). The van der Waals surface area contributed by atoms with Crippen molar-refractivity contribution in [2.45, 2.75) is 58.5 Å². The molecule has 1 aromatic heterocycles. The Kier molecular flexibility index (Phi) is 6.47. The average molecular weight is 281 g/mol. The summed E-state index contributed by atoms with van der Waals surface area (Å²) in [7, 11) is 0. The number of hydrogen-bond donors (Lipinski definition) is 1. The zero-order valence-electron chi connectivity index (χ0n) is 12.7. The van der Waals surface area contributed by atoms with E-state index in [2.05, 4.69) is 22.4 Å². The summed E-state index contributed by atoms with van der Waals surface area (Å²) >= 11 is 0. The molecule has 5 heteroatoms. The third-order valence-corrected chi connectivity index (χ3v) is 3.93. The summed E-state index contributed by atoms with van der Waals surface area (Å²) in [5, 5.41) is 7.41. The molecule has 0 saturated heterocycles. The maximum Gasteiger partial charge on any atom is 0.228 e. The van der Waals surface area contributed by atoms with Gasteiger partial charge >= 0.3 is 0 Å². The van der Waals surface area contributed by atoms with Crippen LogP contribution in [0, 0.1) is 5.92 Å². The van der Waals surface area contributed by atoms with Crippen molar-refractivity contribution in [2.24, 2.45) is 5.92 Å². The highest BCUT2D eigenvalue weighted by Crippen LogP contribution is 2.35. The van der Waals surface area contributed by atoms with E-state index in [0.717, 1.165) is 25.3 Å². The first-order valence-corrected chi connectivity index (χ1v) is 8.00. The predicted octanol–water partition coefficient (Wildman–Crippen LogP) is 2.88. The topological polar surface area (TPSA) is 60.2 Å². The van der Waals surface area contributed by atoms with Gasteiger partial charge in [-0.25, -0.2) is 0 Å². The molecule has 0 spiro atoms. The molecule has 5 nitrogen and oxygen atoms in total. The van der Waals surface area contributed by atoms with Crippen LogP contribution in [0.25, 0.3) is 0 Å². The molecule has 1 unspecified atom stereocenters. The van der Waals surface area contributed by atoms with Gasteiger partial charge in [0.05, 0.1) is 0 Å². The normalized spacial score (nSPS) is 18.3. The van der Waals surface area contributed by atoms with Crippen LogP contribution in [0.4, 0.5) is 0 Å². The van der Waals surface area contributed by atoms with Crippen molar-refractivity contribution in [3.63, 3.8) is 0 Å². The number of ether oxygens (including phenoxy) is 1. The molecule has 1 aliphatic rings. The second-order valence-electron chi connectivity index (χ2n) is 5.42. The zero-order valence-corrected chi connectivity index (χ0v) is 12.7. The number of nitrogens with one attached hydrogen (secondary N) is 1. The van der Waals surface area contributed by atoms with Crippen molar-refractivity contribution in [3.8, 4) is 0 Å². The van der Waals surface area contributed by atoms with Crippen LogP contribution in [0.3, 0.4) is 0 Å². The Labute approximate surface area is 121 Å². The minimum absolute atomic E-state index is 0.0111. The molecule has 0 bridgehead atoms. The van der Waals surface area contributed by atoms with Gasteiger partial charge in [0, 0.05) is 19.6 Å². The Morgan fingerprint density at radius 1 is 1.30 bits per heavy atom. The molecule has 1 saturated carbocycles. The molecule has 0 aromatic carbocycles. The van der Waals surface area contributed by atoms with Crippen LogP contribution in [0.2, 0.25) is 0 Å². The lowest BCUT2D eigenvalue weighted by Gasteiger charge is -2.27. The Morgan fingerprint density at radius 2 is 2.10 bits per heavy atom. The Bertz CT molecular complexity index is 375. The van der Waals surface area contributed by atoms with Crippen LogP contribution in [0.5, 0.6) is 0 Å². The van der Waals surface area contributed by atoms with Crippen LogP contribution in [0.15, 0.2) is 4.52 Å². The van der Waals surface area contributed by atoms with Gasteiger partial charge in [-0.3, -0.25) is 0 Å². The van der Waals surface area contributed by atoms with Gasteiger partial charge in [-0.15, -0.1) is 0 Å². The average Bonchev–Trinajstić information content (AvgIpc) is 2.94. The number of hydrogen-bond acceptors (Lipinski definition) is 5. The van der Waals surface area contributed by atoms with E-state index in [0.29, 0.717) is 18.4 Å². The molecule has 0 radical (unpaired) electrons. The molecule has 0 amide bonds. The third kappa shape index (κ3) is 4.28. The number of rotatable bonds is 8. The van der Waals surface area contributed by atoms with E-state index in [-0.39, 0.29) is 6.10 Å². The van der Waals surface area contributed by atoms with E-state index in [9.17, 15) is 0 Å². The molecular formula is C15H27N3O2. The first kappa shape index (κ1) is 15.4. The van der Waals surface area contributed by atoms with E-state index >= 15 is 0 Å². The lowest BCUT2D eigenvalue weighted by Crippen LogP contribution is -2.20. The monoisotopic (exact) mass is 281 g/mol. The van der Waals surface area contributed by atoms with Crippen LogP contribution in [0.1, 0.15) is 63.8 Å². The summed E-state index contributed by atoms with van der Waals surface area (Å²) in [6.45, 7) is 6.66. The Hall–Kier alpha value is -0.940. The van der Waals surface area contributed by atoms with Gasteiger partial charge in [0.2, 0.25) is 11.7 Å². The fourth-order valence-corrected chi connectivity index (χ4v) is 2.90. The molecular weight excluding hydrogens is 254 g/mol. The highest BCUT2D eigenvalue weighted by atomic mass is 16.5. The SMILES string of the molecule is CCNCCc1nc(C(OCC)C2CCCCC2)no1. The van der Waals surface area contributed by atoms with Gasteiger partial charge in [-0.1, -0.05) is 31.3 Å². The highest BCUT2D eigenvalue weighted by molar-refractivity contribution is 4.95. The van der Waals surface area contributed by atoms with Crippen molar-refractivity contribution in [1.82, 2.24) is 15.5 Å². The molecule has 0 aliphatic heterocycles. The molecule has 1 N–H and O–H groups in total. The highest BCUT2D eigenvalue weighted by Gasteiger charge is 2.29. The van der Waals surface area contributed by atoms with Crippen molar-refractivity contribution >= 4 is 0 Å². The van der Waals surface area contributed by atoms with Gasteiger partial charge in [-0.05, 0) is 32.2 Å². The second-order valence-corrected chi connectivity index (χ2v) is 5.42. The van der Waals surface area contributed by atoms with Crippen molar-refractivity contribution in [2.75, 3.05) is 19.7 Å². The standard InChI is InChI=1S/C15H27N3O2/c1-3-16-11-10-13-17-15(18-20-13)14(19-4-2)12-8-6-5-7-9-12/h12,14,16H,3-11H2,1-2H3. The number of nitrogens with zero attached hydrogens (tertiary/aromatic N) is 2.